The molecule has 4 heterocycles. The second kappa shape index (κ2) is 13.1. The van der Waals surface area contributed by atoms with Crippen LogP contribution in [0.15, 0.2) is 224 Å². The first kappa shape index (κ1) is 34.3. The maximum absolute atomic E-state index is 2.53. The average Bonchev–Trinajstić information content (AvgIpc) is 3.96. The molecule has 1 aliphatic rings. The first-order chi connectivity index (χ1) is 31.3. The highest BCUT2D eigenvalue weighted by Crippen LogP contribution is 2.49. The van der Waals surface area contributed by atoms with Gasteiger partial charge in [-0.3, -0.25) is 0 Å². The number of para-hydroxylation sites is 3. The zero-order valence-electron chi connectivity index (χ0n) is 34.2. The average molecular weight is 800 g/mol. The smallest absolute Gasteiger partial charge is 0.0621 e. The van der Waals surface area contributed by atoms with E-state index in [1.807, 2.05) is 0 Å². The Kier molecular flexibility index (Phi) is 7.11. The van der Waals surface area contributed by atoms with Crippen molar-refractivity contribution in [3.63, 3.8) is 0 Å². The third-order valence-electron chi connectivity index (χ3n) is 13.6. The summed E-state index contributed by atoms with van der Waals surface area (Å²) in [6, 6.07) is 82.9. The van der Waals surface area contributed by atoms with E-state index in [0.717, 1.165) is 11.4 Å². The number of hydrogen-bond acceptors (Lipinski definition) is 0. The summed E-state index contributed by atoms with van der Waals surface area (Å²) in [6.07, 6.45) is 0. The van der Waals surface area contributed by atoms with E-state index in [0.29, 0.717) is 0 Å². The third kappa shape index (κ3) is 4.90. The fourth-order valence-electron chi connectivity index (χ4n) is 10.8. The van der Waals surface area contributed by atoms with Crippen molar-refractivity contribution in [2.45, 2.75) is 0 Å². The number of aromatic nitrogens is 3. The summed E-state index contributed by atoms with van der Waals surface area (Å²) >= 11 is 0. The molecule has 0 spiro atoms. The molecule has 13 aromatic rings. The van der Waals surface area contributed by atoms with E-state index >= 15 is 0 Å². The topological polar surface area (TPSA) is 14.8 Å². The number of fused-ring (bicyclic) bond motifs is 14. The van der Waals surface area contributed by atoms with Crippen LogP contribution in [0.4, 0.5) is 0 Å². The molecule has 3 heteroatoms. The lowest BCUT2D eigenvalue weighted by atomic mass is 9.93. The maximum atomic E-state index is 2.53. The summed E-state index contributed by atoms with van der Waals surface area (Å²) in [5.41, 5.74) is 20.5. The fourth-order valence-corrected chi connectivity index (χ4v) is 10.8. The Morgan fingerprint density at radius 2 is 0.667 bits per heavy atom. The highest BCUT2D eigenvalue weighted by atomic mass is 15.0. The number of benzene rings is 10. The summed E-state index contributed by atoms with van der Waals surface area (Å²) in [5.74, 6) is 0. The van der Waals surface area contributed by atoms with Crippen molar-refractivity contribution in [3.8, 4) is 61.6 Å². The van der Waals surface area contributed by atoms with E-state index in [4.69, 9.17) is 0 Å². The third-order valence-corrected chi connectivity index (χ3v) is 13.6. The summed E-state index contributed by atoms with van der Waals surface area (Å²) < 4.78 is 7.46. The van der Waals surface area contributed by atoms with Crippen LogP contribution in [0.3, 0.4) is 0 Å². The van der Waals surface area contributed by atoms with E-state index < -0.39 is 0 Å². The van der Waals surface area contributed by atoms with Gasteiger partial charge >= 0.3 is 0 Å². The molecule has 0 radical (unpaired) electrons. The molecular formula is C60H37N3. The van der Waals surface area contributed by atoms with E-state index in [1.54, 1.807) is 0 Å². The zero-order valence-corrected chi connectivity index (χ0v) is 34.2. The van der Waals surface area contributed by atoms with Gasteiger partial charge in [-0.1, -0.05) is 152 Å². The molecule has 0 amide bonds. The molecule has 0 unspecified atom stereocenters. The number of hydrogen-bond donors (Lipinski definition) is 0. The molecule has 0 saturated heterocycles. The minimum absolute atomic E-state index is 1.14. The lowest BCUT2D eigenvalue weighted by molar-refractivity contribution is 1.15. The highest BCUT2D eigenvalue weighted by Gasteiger charge is 2.27. The molecule has 1 aliphatic heterocycles. The highest BCUT2D eigenvalue weighted by molar-refractivity contribution is 6.18. The van der Waals surface area contributed by atoms with Gasteiger partial charge in [0.05, 0.1) is 38.8 Å². The first-order valence-electron chi connectivity index (χ1n) is 21.8. The second-order valence-corrected chi connectivity index (χ2v) is 16.9. The molecule has 0 fully saturated rings. The van der Waals surface area contributed by atoms with Crippen molar-refractivity contribution >= 4 is 65.4 Å². The standard InChI is InChI=1S/C60H37N3/c1-3-15-38(16-4-1)40-27-30-57-49(33-40)46-21-9-12-24-54(46)61(57)42-29-32-59-51(35-42)44-19-7-8-20-45(44)52-36-43(37-53-48-23-11-14-26-56(48)63(59)60(52)53)62-55-25-13-10-22-47(55)50-34-41(28-31-58(50)62)39-17-5-2-6-18-39/h1-37H. The summed E-state index contributed by atoms with van der Waals surface area (Å²) in [7, 11) is 0. The summed E-state index contributed by atoms with van der Waals surface area (Å²) in [6.45, 7) is 0. The molecule has 14 rings (SSSR count). The predicted molar refractivity (Wildman–Crippen MR) is 265 cm³/mol. The van der Waals surface area contributed by atoms with Gasteiger partial charge in [0, 0.05) is 54.8 Å². The van der Waals surface area contributed by atoms with Gasteiger partial charge in [-0.25, -0.2) is 0 Å². The van der Waals surface area contributed by atoms with Gasteiger partial charge in [-0.05, 0) is 106 Å². The van der Waals surface area contributed by atoms with Gasteiger partial charge in [-0.2, -0.15) is 0 Å². The van der Waals surface area contributed by atoms with E-state index in [2.05, 4.69) is 238 Å². The molecule has 0 aliphatic carbocycles. The maximum Gasteiger partial charge on any atom is 0.0621 e. The van der Waals surface area contributed by atoms with Crippen LogP contribution in [0, 0.1) is 0 Å². The molecule has 0 N–H and O–H groups in total. The molecule has 0 bridgehead atoms. The quantitative estimate of drug-likeness (QED) is 0.168. The van der Waals surface area contributed by atoms with Crippen molar-refractivity contribution in [1.82, 2.24) is 13.7 Å². The van der Waals surface area contributed by atoms with Crippen LogP contribution < -0.4 is 0 Å². The number of nitrogens with zero attached hydrogens (tertiary/aromatic N) is 3. The van der Waals surface area contributed by atoms with Crippen molar-refractivity contribution in [2.75, 3.05) is 0 Å². The Hall–Kier alpha value is -8.40. The minimum Gasteiger partial charge on any atom is -0.309 e. The Balaban J connectivity index is 1.02. The normalized spacial score (nSPS) is 12.1. The summed E-state index contributed by atoms with van der Waals surface area (Å²) in [5, 5.41) is 7.49. The van der Waals surface area contributed by atoms with Gasteiger partial charge in [0.1, 0.15) is 0 Å². The Morgan fingerprint density at radius 1 is 0.222 bits per heavy atom. The van der Waals surface area contributed by atoms with Crippen molar-refractivity contribution < 1.29 is 0 Å². The van der Waals surface area contributed by atoms with E-state index in [-0.39, 0.29) is 0 Å². The number of rotatable bonds is 4. The van der Waals surface area contributed by atoms with Gasteiger partial charge in [0.25, 0.3) is 0 Å². The Morgan fingerprint density at radius 3 is 1.25 bits per heavy atom. The molecule has 0 atom stereocenters. The minimum atomic E-state index is 1.14. The van der Waals surface area contributed by atoms with Crippen molar-refractivity contribution in [3.05, 3.63) is 224 Å². The molecular weight excluding hydrogens is 763 g/mol. The van der Waals surface area contributed by atoms with Crippen molar-refractivity contribution in [1.29, 1.82) is 0 Å². The van der Waals surface area contributed by atoms with Gasteiger partial charge in [0.2, 0.25) is 0 Å². The Labute approximate surface area is 363 Å². The SMILES string of the molecule is c1ccc(-c2ccc3c(c2)c2ccccc2n3-c2ccc3c(c2)-c2ccccc2-c2cc(-n4c5ccccc5c5cc(-c6ccccc6)ccc54)cc4c5ccccc5n-3c24)cc1. The van der Waals surface area contributed by atoms with Crippen LogP contribution in [-0.4, -0.2) is 13.7 Å². The first-order valence-corrected chi connectivity index (χ1v) is 21.8. The predicted octanol–water partition coefficient (Wildman–Crippen LogP) is 16.0. The molecule has 63 heavy (non-hydrogen) atoms. The lowest BCUT2D eigenvalue weighted by Gasteiger charge is -2.16. The van der Waals surface area contributed by atoms with Gasteiger partial charge in [0.15, 0.2) is 0 Å². The largest absolute Gasteiger partial charge is 0.309 e. The van der Waals surface area contributed by atoms with E-state index in [9.17, 15) is 0 Å². The van der Waals surface area contributed by atoms with Gasteiger partial charge < -0.3 is 13.7 Å². The lowest BCUT2D eigenvalue weighted by Crippen LogP contribution is -2.00. The second-order valence-electron chi connectivity index (χ2n) is 16.9. The molecule has 3 nitrogen and oxygen atoms in total. The van der Waals surface area contributed by atoms with Crippen LogP contribution in [0.1, 0.15) is 0 Å². The van der Waals surface area contributed by atoms with E-state index in [1.165, 1.54) is 116 Å². The van der Waals surface area contributed by atoms with Crippen LogP contribution in [0.25, 0.3) is 127 Å². The zero-order chi connectivity index (χ0) is 41.2. The molecule has 3 aromatic heterocycles. The fraction of sp³-hybridized carbons (Fsp3) is 0. The van der Waals surface area contributed by atoms with Gasteiger partial charge in [-0.15, -0.1) is 0 Å². The molecule has 292 valence electrons. The van der Waals surface area contributed by atoms with Crippen LogP contribution in [0.2, 0.25) is 0 Å². The van der Waals surface area contributed by atoms with Crippen molar-refractivity contribution in [2.24, 2.45) is 0 Å². The molecule has 0 saturated carbocycles. The Bertz CT molecular complexity index is 4010. The monoisotopic (exact) mass is 799 g/mol. The molecule has 10 aromatic carbocycles. The summed E-state index contributed by atoms with van der Waals surface area (Å²) in [4.78, 5) is 0. The van der Waals surface area contributed by atoms with Crippen LogP contribution in [0.5, 0.6) is 0 Å². The van der Waals surface area contributed by atoms with Crippen LogP contribution >= 0.6 is 0 Å². The van der Waals surface area contributed by atoms with Crippen LogP contribution in [-0.2, 0) is 0 Å².